The molecule has 0 amide bonds. The molecule has 23 heavy (non-hydrogen) atoms. The third kappa shape index (κ3) is 5.91. The molecule has 1 aromatic carbocycles. The summed E-state index contributed by atoms with van der Waals surface area (Å²) in [5, 5.41) is 3.78. The first-order valence-corrected chi connectivity index (χ1v) is 9.62. The summed E-state index contributed by atoms with van der Waals surface area (Å²) in [6.45, 7) is 8.88. The zero-order valence-electron chi connectivity index (χ0n) is 14.6. The predicted octanol–water partition coefficient (Wildman–Crippen LogP) is 2.77. The van der Waals surface area contributed by atoms with E-state index in [2.05, 4.69) is 45.4 Å². The number of rotatable bonds is 8. The molecular weight excluding hydrogens is 282 g/mol. The van der Waals surface area contributed by atoms with Crippen LogP contribution >= 0.6 is 0 Å². The molecule has 3 heteroatoms. The van der Waals surface area contributed by atoms with Crippen LogP contribution in [-0.4, -0.2) is 61.7 Å². The molecular formula is C20H33N3. The van der Waals surface area contributed by atoms with Gasteiger partial charge in [-0.25, -0.2) is 0 Å². The fourth-order valence-electron chi connectivity index (χ4n) is 3.95. The minimum absolute atomic E-state index is 0.753. The summed E-state index contributed by atoms with van der Waals surface area (Å²) in [5.74, 6) is 0. The van der Waals surface area contributed by atoms with Crippen molar-refractivity contribution in [3.8, 4) is 0 Å². The van der Waals surface area contributed by atoms with E-state index in [0.717, 1.165) is 6.04 Å². The van der Waals surface area contributed by atoms with Crippen molar-refractivity contribution in [1.29, 1.82) is 0 Å². The van der Waals surface area contributed by atoms with Crippen molar-refractivity contribution in [2.45, 2.75) is 44.6 Å². The molecule has 128 valence electrons. The first-order chi connectivity index (χ1) is 11.4. The molecule has 2 aliphatic rings. The van der Waals surface area contributed by atoms with Crippen molar-refractivity contribution in [3.63, 3.8) is 0 Å². The van der Waals surface area contributed by atoms with Crippen LogP contribution in [0.15, 0.2) is 30.3 Å². The molecule has 0 atom stereocenters. The number of piperidine rings is 1. The lowest BCUT2D eigenvalue weighted by Crippen LogP contribution is -2.44. The van der Waals surface area contributed by atoms with Crippen LogP contribution in [0.2, 0.25) is 0 Å². The van der Waals surface area contributed by atoms with Crippen LogP contribution in [0.4, 0.5) is 0 Å². The third-order valence-electron chi connectivity index (χ3n) is 5.43. The first kappa shape index (κ1) is 16.9. The van der Waals surface area contributed by atoms with Gasteiger partial charge in [-0.05, 0) is 76.8 Å². The van der Waals surface area contributed by atoms with Gasteiger partial charge in [0.15, 0.2) is 0 Å². The van der Waals surface area contributed by atoms with Gasteiger partial charge in [0.1, 0.15) is 0 Å². The van der Waals surface area contributed by atoms with Crippen LogP contribution in [0, 0.1) is 0 Å². The second-order valence-corrected chi connectivity index (χ2v) is 7.21. The highest BCUT2D eigenvalue weighted by atomic mass is 15.2. The van der Waals surface area contributed by atoms with Gasteiger partial charge in [0.2, 0.25) is 0 Å². The maximum atomic E-state index is 3.78. The summed E-state index contributed by atoms with van der Waals surface area (Å²) in [4.78, 5) is 5.26. The topological polar surface area (TPSA) is 18.5 Å². The minimum atomic E-state index is 0.753. The predicted molar refractivity (Wildman–Crippen MR) is 97.9 cm³/mol. The van der Waals surface area contributed by atoms with Gasteiger partial charge in [0, 0.05) is 19.1 Å². The van der Waals surface area contributed by atoms with Crippen molar-refractivity contribution in [1.82, 2.24) is 15.1 Å². The van der Waals surface area contributed by atoms with Crippen LogP contribution in [0.1, 0.15) is 37.7 Å². The van der Waals surface area contributed by atoms with E-state index in [4.69, 9.17) is 0 Å². The van der Waals surface area contributed by atoms with E-state index < -0.39 is 0 Å². The van der Waals surface area contributed by atoms with E-state index in [1.807, 2.05) is 0 Å². The van der Waals surface area contributed by atoms with E-state index in [0.29, 0.717) is 0 Å². The number of nitrogens with one attached hydrogen (secondary N) is 1. The van der Waals surface area contributed by atoms with Crippen molar-refractivity contribution in [2.75, 3.05) is 45.8 Å². The normalized spacial score (nSPS) is 21.0. The highest BCUT2D eigenvalue weighted by molar-refractivity contribution is 5.14. The maximum Gasteiger partial charge on any atom is 0.0107 e. The zero-order valence-corrected chi connectivity index (χ0v) is 14.6. The highest BCUT2D eigenvalue weighted by Gasteiger charge is 2.18. The Kier molecular flexibility index (Phi) is 6.93. The fourth-order valence-corrected chi connectivity index (χ4v) is 3.95. The van der Waals surface area contributed by atoms with Crippen LogP contribution in [0.5, 0.6) is 0 Å². The van der Waals surface area contributed by atoms with Crippen LogP contribution in [-0.2, 0) is 6.42 Å². The number of nitrogens with zero attached hydrogens (tertiary/aromatic N) is 2. The van der Waals surface area contributed by atoms with E-state index in [1.54, 1.807) is 0 Å². The quantitative estimate of drug-likeness (QED) is 0.796. The van der Waals surface area contributed by atoms with Gasteiger partial charge in [0.05, 0.1) is 0 Å². The molecule has 0 aromatic heterocycles. The van der Waals surface area contributed by atoms with Gasteiger partial charge >= 0.3 is 0 Å². The zero-order chi connectivity index (χ0) is 15.7. The van der Waals surface area contributed by atoms with Crippen molar-refractivity contribution < 1.29 is 0 Å². The van der Waals surface area contributed by atoms with Crippen LogP contribution < -0.4 is 5.32 Å². The largest absolute Gasteiger partial charge is 0.313 e. The summed E-state index contributed by atoms with van der Waals surface area (Å²) in [7, 11) is 0. The summed E-state index contributed by atoms with van der Waals surface area (Å²) >= 11 is 0. The Morgan fingerprint density at radius 1 is 0.870 bits per heavy atom. The Morgan fingerprint density at radius 2 is 1.57 bits per heavy atom. The number of likely N-dealkylation sites (tertiary alicyclic amines) is 2. The number of hydrogen-bond donors (Lipinski definition) is 1. The summed E-state index contributed by atoms with van der Waals surface area (Å²) in [6, 6.07) is 11.6. The molecule has 0 saturated carbocycles. The highest BCUT2D eigenvalue weighted by Crippen LogP contribution is 2.12. The Morgan fingerprint density at radius 3 is 2.30 bits per heavy atom. The summed E-state index contributed by atoms with van der Waals surface area (Å²) in [5.41, 5.74) is 1.48. The number of hydrogen-bond acceptors (Lipinski definition) is 3. The van der Waals surface area contributed by atoms with Gasteiger partial charge in [-0.1, -0.05) is 30.3 Å². The Labute approximate surface area is 142 Å². The van der Waals surface area contributed by atoms with Gasteiger partial charge in [0.25, 0.3) is 0 Å². The Balaban J connectivity index is 1.23. The molecule has 2 saturated heterocycles. The lowest BCUT2D eigenvalue weighted by molar-refractivity contribution is 0.193. The Hall–Kier alpha value is -0.900. The first-order valence-electron chi connectivity index (χ1n) is 9.62. The lowest BCUT2D eigenvalue weighted by atomic mass is 10.0. The summed E-state index contributed by atoms with van der Waals surface area (Å²) in [6.07, 6.45) is 7.96. The molecule has 1 N–H and O–H groups in total. The maximum absolute atomic E-state index is 3.78. The Bertz CT molecular complexity index is 420. The lowest BCUT2D eigenvalue weighted by Gasteiger charge is -2.32. The molecule has 3 nitrogen and oxygen atoms in total. The minimum Gasteiger partial charge on any atom is -0.313 e. The molecule has 0 unspecified atom stereocenters. The average Bonchev–Trinajstić information content (AvgIpc) is 3.11. The standard InChI is InChI=1S/C20H33N3/c1-2-7-19(8-3-1)9-6-15-23-16-10-20(11-17-23)21-12-18-22-13-4-5-14-22/h1-3,7-8,20-21H,4-6,9-18H2. The van der Waals surface area contributed by atoms with Crippen molar-refractivity contribution >= 4 is 0 Å². The second kappa shape index (κ2) is 9.41. The fraction of sp³-hybridized carbons (Fsp3) is 0.700. The van der Waals surface area contributed by atoms with Gasteiger partial charge < -0.3 is 15.1 Å². The van der Waals surface area contributed by atoms with Crippen LogP contribution in [0.3, 0.4) is 0 Å². The molecule has 2 fully saturated rings. The van der Waals surface area contributed by atoms with E-state index in [-0.39, 0.29) is 0 Å². The van der Waals surface area contributed by atoms with E-state index in [1.165, 1.54) is 89.9 Å². The van der Waals surface area contributed by atoms with Crippen molar-refractivity contribution in [3.05, 3.63) is 35.9 Å². The van der Waals surface area contributed by atoms with Gasteiger partial charge in [-0.3, -0.25) is 0 Å². The molecule has 2 aliphatic heterocycles. The molecule has 0 spiro atoms. The van der Waals surface area contributed by atoms with Gasteiger partial charge in [-0.2, -0.15) is 0 Å². The summed E-state index contributed by atoms with van der Waals surface area (Å²) < 4.78 is 0. The number of aryl methyl sites for hydroxylation is 1. The van der Waals surface area contributed by atoms with Gasteiger partial charge in [-0.15, -0.1) is 0 Å². The SMILES string of the molecule is c1ccc(CCCN2CCC(NCCN3CCCC3)CC2)cc1. The second-order valence-electron chi connectivity index (χ2n) is 7.21. The third-order valence-corrected chi connectivity index (χ3v) is 5.43. The number of benzene rings is 1. The monoisotopic (exact) mass is 315 g/mol. The average molecular weight is 316 g/mol. The molecule has 2 heterocycles. The molecule has 1 aromatic rings. The molecule has 0 aliphatic carbocycles. The van der Waals surface area contributed by atoms with Crippen LogP contribution in [0.25, 0.3) is 0 Å². The molecule has 3 rings (SSSR count). The van der Waals surface area contributed by atoms with E-state index in [9.17, 15) is 0 Å². The molecule has 0 radical (unpaired) electrons. The van der Waals surface area contributed by atoms with E-state index >= 15 is 0 Å². The molecule has 0 bridgehead atoms. The van der Waals surface area contributed by atoms with Crippen molar-refractivity contribution in [2.24, 2.45) is 0 Å². The smallest absolute Gasteiger partial charge is 0.0107 e.